The molecule has 0 saturated heterocycles. The van der Waals surface area contributed by atoms with Gasteiger partial charge < -0.3 is 9.64 Å². The molecule has 1 aliphatic rings. The van der Waals surface area contributed by atoms with Gasteiger partial charge in [-0.15, -0.1) is 11.3 Å². The fourth-order valence-electron chi connectivity index (χ4n) is 3.48. The van der Waals surface area contributed by atoms with Gasteiger partial charge in [0.25, 0.3) is 15.9 Å². The topological polar surface area (TPSA) is 66.9 Å². The van der Waals surface area contributed by atoms with E-state index in [0.29, 0.717) is 24.5 Å². The molecule has 4 rings (SSSR count). The largest absolute Gasteiger partial charge is 0.484 e. The zero-order chi connectivity index (χ0) is 22.6. The van der Waals surface area contributed by atoms with Gasteiger partial charge in [0.1, 0.15) is 9.96 Å². The Hall–Kier alpha value is -3.10. The summed E-state index contributed by atoms with van der Waals surface area (Å²) >= 11 is 1.18. The normalized spacial score (nSPS) is 14.0. The number of nitrogens with zero attached hydrogens (tertiary/aromatic N) is 2. The fourth-order valence-corrected chi connectivity index (χ4v) is 5.84. The van der Waals surface area contributed by atoms with Crippen molar-refractivity contribution in [3.63, 3.8) is 0 Å². The van der Waals surface area contributed by atoms with E-state index in [1.165, 1.54) is 33.8 Å². The summed E-state index contributed by atoms with van der Waals surface area (Å²) in [5, 5.41) is 1.73. The molecule has 1 amide bonds. The van der Waals surface area contributed by atoms with Crippen molar-refractivity contribution in [1.82, 2.24) is 4.90 Å². The Morgan fingerprint density at radius 2 is 1.81 bits per heavy atom. The zero-order valence-corrected chi connectivity index (χ0v) is 19.3. The summed E-state index contributed by atoms with van der Waals surface area (Å²) in [6, 6.07) is 20.2. The summed E-state index contributed by atoms with van der Waals surface area (Å²) in [4.78, 5) is 14.3. The van der Waals surface area contributed by atoms with Gasteiger partial charge in [0, 0.05) is 20.1 Å². The maximum atomic E-state index is 12.6. The van der Waals surface area contributed by atoms with E-state index < -0.39 is 10.0 Å². The Kier molecular flexibility index (Phi) is 6.62. The number of rotatable bonds is 7. The summed E-state index contributed by atoms with van der Waals surface area (Å²) in [5.41, 5.74) is 2.97. The van der Waals surface area contributed by atoms with Crippen LogP contribution in [0.25, 0.3) is 5.57 Å². The second kappa shape index (κ2) is 9.58. The van der Waals surface area contributed by atoms with Crippen molar-refractivity contribution in [3.8, 4) is 5.75 Å². The Labute approximate surface area is 192 Å². The van der Waals surface area contributed by atoms with Crippen LogP contribution in [0.1, 0.15) is 12.0 Å². The lowest BCUT2D eigenvalue weighted by Crippen LogP contribution is -2.37. The highest BCUT2D eigenvalue weighted by Gasteiger charge is 2.22. The number of benzene rings is 2. The first-order valence-corrected chi connectivity index (χ1v) is 12.5. The second-order valence-corrected chi connectivity index (χ2v) is 10.5. The molecule has 0 fully saturated rings. The van der Waals surface area contributed by atoms with Crippen molar-refractivity contribution in [2.45, 2.75) is 10.6 Å². The standard InChI is InChI=1S/C24H24N2O4S2/c1-25(32(28,29)24-8-5-17-31-24)21-9-11-22(12-10-21)30-18-23(27)26-15-13-20(14-16-26)19-6-3-2-4-7-19/h2-13,17H,14-16,18H2,1H3. The van der Waals surface area contributed by atoms with E-state index in [1.54, 1.807) is 46.7 Å². The van der Waals surface area contributed by atoms with Crippen molar-refractivity contribution < 1.29 is 17.9 Å². The Morgan fingerprint density at radius 1 is 1.06 bits per heavy atom. The van der Waals surface area contributed by atoms with Gasteiger partial charge in [-0.1, -0.05) is 42.5 Å². The molecule has 0 spiro atoms. The molecule has 0 aliphatic carbocycles. The Bertz CT molecular complexity index is 1190. The maximum Gasteiger partial charge on any atom is 0.273 e. The van der Waals surface area contributed by atoms with Crippen LogP contribution in [0.15, 0.2) is 82.4 Å². The molecule has 0 unspecified atom stereocenters. The van der Waals surface area contributed by atoms with E-state index in [-0.39, 0.29) is 16.7 Å². The van der Waals surface area contributed by atoms with E-state index in [2.05, 4.69) is 18.2 Å². The number of sulfonamides is 1. The summed E-state index contributed by atoms with van der Waals surface area (Å²) < 4.78 is 32.4. The quantitative estimate of drug-likeness (QED) is 0.519. The lowest BCUT2D eigenvalue weighted by molar-refractivity contribution is -0.132. The maximum absolute atomic E-state index is 12.6. The van der Waals surface area contributed by atoms with E-state index in [1.807, 2.05) is 18.2 Å². The smallest absolute Gasteiger partial charge is 0.273 e. The van der Waals surface area contributed by atoms with E-state index in [4.69, 9.17) is 4.74 Å². The average molecular weight is 469 g/mol. The number of amides is 1. The highest BCUT2D eigenvalue weighted by molar-refractivity contribution is 7.94. The van der Waals surface area contributed by atoms with E-state index >= 15 is 0 Å². The van der Waals surface area contributed by atoms with Crippen molar-refractivity contribution >= 4 is 38.5 Å². The van der Waals surface area contributed by atoms with Crippen LogP contribution in [0.2, 0.25) is 0 Å². The van der Waals surface area contributed by atoms with Gasteiger partial charge in [-0.3, -0.25) is 9.10 Å². The molecule has 32 heavy (non-hydrogen) atoms. The third kappa shape index (κ3) is 4.87. The molecule has 2 aromatic carbocycles. The summed E-state index contributed by atoms with van der Waals surface area (Å²) in [6.45, 7) is 1.17. The van der Waals surface area contributed by atoms with E-state index in [0.717, 1.165) is 6.42 Å². The first-order chi connectivity index (χ1) is 15.4. The molecule has 0 radical (unpaired) electrons. The predicted octanol–water partition coefficient (Wildman–Crippen LogP) is 4.27. The van der Waals surface area contributed by atoms with Crippen LogP contribution >= 0.6 is 11.3 Å². The minimum absolute atomic E-state index is 0.0583. The molecule has 1 aromatic heterocycles. The van der Waals surface area contributed by atoms with Crippen LogP contribution in [-0.2, 0) is 14.8 Å². The number of carbonyl (C=O) groups is 1. The fraction of sp³-hybridized carbons (Fsp3) is 0.208. The molecule has 0 bridgehead atoms. The average Bonchev–Trinajstić information content (AvgIpc) is 3.39. The molecule has 0 atom stereocenters. The predicted molar refractivity (Wildman–Crippen MR) is 127 cm³/mol. The zero-order valence-electron chi connectivity index (χ0n) is 17.7. The van der Waals surface area contributed by atoms with Crippen LogP contribution in [0.4, 0.5) is 5.69 Å². The minimum Gasteiger partial charge on any atom is -0.484 e. The van der Waals surface area contributed by atoms with Crippen molar-refractivity contribution in [1.29, 1.82) is 0 Å². The molecular weight excluding hydrogens is 444 g/mol. The van der Waals surface area contributed by atoms with E-state index in [9.17, 15) is 13.2 Å². The molecule has 0 N–H and O–H groups in total. The van der Waals surface area contributed by atoms with Gasteiger partial charge in [-0.2, -0.15) is 0 Å². The number of carbonyl (C=O) groups excluding carboxylic acids is 1. The lowest BCUT2D eigenvalue weighted by atomic mass is 10.00. The first-order valence-electron chi connectivity index (χ1n) is 10.2. The Balaban J connectivity index is 1.32. The third-order valence-electron chi connectivity index (χ3n) is 5.38. The molecular formula is C24H24N2O4S2. The number of anilines is 1. The summed E-state index contributed by atoms with van der Waals surface area (Å²) in [6.07, 6.45) is 2.91. The van der Waals surface area contributed by atoms with Crippen LogP contribution in [0, 0.1) is 0 Å². The van der Waals surface area contributed by atoms with Gasteiger partial charge >= 0.3 is 0 Å². The molecule has 2 heterocycles. The SMILES string of the molecule is CN(c1ccc(OCC(=O)N2CC=C(c3ccccc3)CC2)cc1)S(=O)(=O)c1cccs1. The molecule has 6 nitrogen and oxygen atoms in total. The van der Waals surface area contributed by atoms with Crippen molar-refractivity contribution in [3.05, 3.63) is 83.7 Å². The Morgan fingerprint density at radius 3 is 2.44 bits per heavy atom. The van der Waals surface area contributed by atoms with Gasteiger partial charge in [-0.05, 0) is 53.3 Å². The molecule has 3 aromatic rings. The second-order valence-electron chi connectivity index (χ2n) is 7.37. The van der Waals surface area contributed by atoms with Gasteiger partial charge in [-0.25, -0.2) is 8.42 Å². The van der Waals surface area contributed by atoms with Crippen molar-refractivity contribution in [2.24, 2.45) is 0 Å². The molecule has 166 valence electrons. The van der Waals surface area contributed by atoms with Crippen LogP contribution < -0.4 is 9.04 Å². The molecule has 1 aliphatic heterocycles. The lowest BCUT2D eigenvalue weighted by Gasteiger charge is -2.26. The van der Waals surface area contributed by atoms with Gasteiger partial charge in [0.05, 0.1) is 5.69 Å². The highest BCUT2D eigenvalue weighted by atomic mass is 32.2. The number of ether oxygens (including phenoxy) is 1. The molecule has 8 heteroatoms. The van der Waals surface area contributed by atoms with Crippen molar-refractivity contribution in [2.75, 3.05) is 31.0 Å². The number of thiophene rings is 1. The minimum atomic E-state index is -3.58. The monoisotopic (exact) mass is 468 g/mol. The van der Waals surface area contributed by atoms with Crippen LogP contribution in [0.5, 0.6) is 5.75 Å². The highest BCUT2D eigenvalue weighted by Crippen LogP contribution is 2.27. The number of hydrogen-bond acceptors (Lipinski definition) is 5. The summed E-state index contributed by atoms with van der Waals surface area (Å²) in [7, 11) is -2.07. The van der Waals surface area contributed by atoms with Crippen LogP contribution in [0.3, 0.4) is 0 Å². The van der Waals surface area contributed by atoms with Gasteiger partial charge in [0.15, 0.2) is 6.61 Å². The van der Waals surface area contributed by atoms with Crippen LogP contribution in [-0.4, -0.2) is 46.0 Å². The molecule has 0 saturated carbocycles. The summed E-state index contributed by atoms with van der Waals surface area (Å²) in [5.74, 6) is 0.441. The van der Waals surface area contributed by atoms with Gasteiger partial charge in [0.2, 0.25) is 0 Å². The number of hydrogen-bond donors (Lipinski definition) is 0. The first kappa shape index (κ1) is 22.1. The third-order valence-corrected chi connectivity index (χ3v) is 8.54.